The van der Waals surface area contributed by atoms with Crippen molar-refractivity contribution < 1.29 is 9.15 Å². The molecule has 2 heterocycles. The predicted octanol–water partition coefficient (Wildman–Crippen LogP) is 4.03. The van der Waals surface area contributed by atoms with Crippen LogP contribution in [0.4, 0.5) is 0 Å². The Bertz CT molecular complexity index is 595. The van der Waals surface area contributed by atoms with Crippen LogP contribution < -0.4 is 10.1 Å². The van der Waals surface area contributed by atoms with Gasteiger partial charge < -0.3 is 14.5 Å². The van der Waals surface area contributed by atoms with Gasteiger partial charge in [0.25, 0.3) is 0 Å². The van der Waals surface area contributed by atoms with E-state index >= 15 is 0 Å². The summed E-state index contributed by atoms with van der Waals surface area (Å²) < 4.78 is 13.0. The van der Waals surface area contributed by atoms with Crippen molar-refractivity contribution >= 4 is 31.9 Å². The zero-order chi connectivity index (χ0) is 13.2. The molecule has 1 aromatic heterocycles. The molecular formula is C14H13Br2NO2. The second-order valence-corrected chi connectivity index (χ2v) is 6.16. The van der Waals surface area contributed by atoms with Crippen LogP contribution in [-0.2, 0) is 19.5 Å². The van der Waals surface area contributed by atoms with Gasteiger partial charge in [0.05, 0.1) is 13.2 Å². The van der Waals surface area contributed by atoms with Crippen LogP contribution in [0.5, 0.6) is 5.75 Å². The SMILES string of the molecule is Brc1cc2c(c(CNCc3ccc(Br)o3)c1)OCC2. The molecule has 0 saturated heterocycles. The van der Waals surface area contributed by atoms with Gasteiger partial charge in [0.1, 0.15) is 11.5 Å². The van der Waals surface area contributed by atoms with E-state index in [4.69, 9.17) is 9.15 Å². The van der Waals surface area contributed by atoms with E-state index in [1.165, 1.54) is 11.1 Å². The molecule has 100 valence electrons. The van der Waals surface area contributed by atoms with Gasteiger partial charge in [-0.2, -0.15) is 0 Å². The number of rotatable bonds is 4. The summed E-state index contributed by atoms with van der Waals surface area (Å²) in [4.78, 5) is 0. The van der Waals surface area contributed by atoms with Gasteiger partial charge in [0.15, 0.2) is 4.67 Å². The first-order valence-corrected chi connectivity index (χ1v) is 7.70. The van der Waals surface area contributed by atoms with Crippen LogP contribution in [0.3, 0.4) is 0 Å². The number of fused-ring (bicyclic) bond motifs is 1. The molecule has 2 aromatic rings. The maximum absolute atomic E-state index is 5.70. The molecule has 0 unspecified atom stereocenters. The van der Waals surface area contributed by atoms with Crippen LogP contribution >= 0.6 is 31.9 Å². The smallest absolute Gasteiger partial charge is 0.169 e. The number of hydrogen-bond acceptors (Lipinski definition) is 3. The van der Waals surface area contributed by atoms with Gasteiger partial charge in [-0.25, -0.2) is 0 Å². The molecule has 1 N–H and O–H groups in total. The summed E-state index contributed by atoms with van der Waals surface area (Å²) >= 11 is 6.85. The molecule has 0 saturated carbocycles. The van der Waals surface area contributed by atoms with Crippen molar-refractivity contribution in [2.45, 2.75) is 19.5 Å². The minimum absolute atomic E-state index is 0.701. The van der Waals surface area contributed by atoms with E-state index in [2.05, 4.69) is 49.3 Å². The van der Waals surface area contributed by atoms with Crippen molar-refractivity contribution in [3.63, 3.8) is 0 Å². The average Bonchev–Trinajstić information content (AvgIpc) is 2.98. The molecule has 19 heavy (non-hydrogen) atoms. The Morgan fingerprint density at radius 1 is 1.16 bits per heavy atom. The number of benzene rings is 1. The largest absolute Gasteiger partial charge is 0.493 e. The van der Waals surface area contributed by atoms with E-state index in [9.17, 15) is 0 Å². The summed E-state index contributed by atoms with van der Waals surface area (Å²) in [5, 5.41) is 3.37. The minimum atomic E-state index is 0.701. The zero-order valence-electron chi connectivity index (χ0n) is 10.2. The monoisotopic (exact) mass is 385 g/mol. The number of ether oxygens (including phenoxy) is 1. The van der Waals surface area contributed by atoms with Crippen molar-refractivity contribution in [3.05, 3.63) is 50.3 Å². The molecule has 0 aliphatic carbocycles. The zero-order valence-corrected chi connectivity index (χ0v) is 13.4. The predicted molar refractivity (Wildman–Crippen MR) is 80.3 cm³/mol. The first kappa shape index (κ1) is 13.2. The third-order valence-electron chi connectivity index (χ3n) is 3.07. The average molecular weight is 387 g/mol. The number of nitrogens with one attached hydrogen (secondary N) is 1. The second-order valence-electron chi connectivity index (χ2n) is 4.46. The van der Waals surface area contributed by atoms with Gasteiger partial charge in [-0.05, 0) is 45.8 Å². The highest BCUT2D eigenvalue weighted by Crippen LogP contribution is 2.32. The molecular weight excluding hydrogens is 374 g/mol. The lowest BCUT2D eigenvalue weighted by atomic mass is 10.1. The lowest BCUT2D eigenvalue weighted by molar-refractivity contribution is 0.352. The van der Waals surface area contributed by atoms with Crippen molar-refractivity contribution in [1.29, 1.82) is 0 Å². The fourth-order valence-corrected chi connectivity index (χ4v) is 3.14. The first-order valence-electron chi connectivity index (χ1n) is 6.11. The Balaban J connectivity index is 1.67. The number of furan rings is 1. The van der Waals surface area contributed by atoms with E-state index in [0.29, 0.717) is 6.54 Å². The highest BCUT2D eigenvalue weighted by molar-refractivity contribution is 9.10. The summed E-state index contributed by atoms with van der Waals surface area (Å²) in [5.74, 6) is 1.95. The van der Waals surface area contributed by atoms with Gasteiger partial charge in [-0.1, -0.05) is 15.9 Å². The van der Waals surface area contributed by atoms with Gasteiger partial charge in [0.2, 0.25) is 0 Å². The maximum atomic E-state index is 5.70. The molecule has 1 aromatic carbocycles. The normalized spacial score (nSPS) is 13.4. The Kier molecular flexibility index (Phi) is 3.96. The van der Waals surface area contributed by atoms with E-state index in [1.54, 1.807) is 0 Å². The molecule has 1 aliphatic rings. The highest BCUT2D eigenvalue weighted by atomic mass is 79.9. The summed E-state index contributed by atoms with van der Waals surface area (Å²) in [5.41, 5.74) is 2.47. The Hall–Kier alpha value is -0.780. The van der Waals surface area contributed by atoms with Crippen molar-refractivity contribution in [2.75, 3.05) is 6.61 Å². The molecule has 0 amide bonds. The van der Waals surface area contributed by atoms with E-state index in [-0.39, 0.29) is 0 Å². The van der Waals surface area contributed by atoms with Gasteiger partial charge in [-0.3, -0.25) is 0 Å². The van der Waals surface area contributed by atoms with E-state index in [0.717, 1.165) is 40.2 Å². The summed E-state index contributed by atoms with van der Waals surface area (Å²) in [6.07, 6.45) is 0.993. The van der Waals surface area contributed by atoms with Crippen LogP contribution in [-0.4, -0.2) is 6.61 Å². The molecule has 0 atom stereocenters. The number of halogens is 2. The van der Waals surface area contributed by atoms with Crippen LogP contribution in [0, 0.1) is 0 Å². The fraction of sp³-hybridized carbons (Fsp3) is 0.286. The van der Waals surface area contributed by atoms with Crippen LogP contribution in [0.25, 0.3) is 0 Å². The first-order chi connectivity index (χ1) is 9.22. The molecule has 0 spiro atoms. The lowest BCUT2D eigenvalue weighted by Crippen LogP contribution is -2.12. The maximum Gasteiger partial charge on any atom is 0.169 e. The van der Waals surface area contributed by atoms with Crippen molar-refractivity contribution in [3.8, 4) is 5.75 Å². The van der Waals surface area contributed by atoms with Crippen molar-refractivity contribution in [1.82, 2.24) is 5.32 Å². The second kappa shape index (κ2) is 5.69. The van der Waals surface area contributed by atoms with Crippen molar-refractivity contribution in [2.24, 2.45) is 0 Å². The molecule has 5 heteroatoms. The van der Waals surface area contributed by atoms with Gasteiger partial charge in [0, 0.05) is 23.0 Å². The van der Waals surface area contributed by atoms with Crippen LogP contribution in [0.15, 0.2) is 37.8 Å². The van der Waals surface area contributed by atoms with E-state index < -0.39 is 0 Å². The van der Waals surface area contributed by atoms with Crippen LogP contribution in [0.1, 0.15) is 16.9 Å². The molecule has 3 nitrogen and oxygen atoms in total. The Morgan fingerprint density at radius 2 is 2.05 bits per heavy atom. The lowest BCUT2D eigenvalue weighted by Gasteiger charge is -2.09. The fourth-order valence-electron chi connectivity index (χ4n) is 2.24. The molecule has 0 radical (unpaired) electrons. The Labute approximate surface area is 128 Å². The molecule has 0 bridgehead atoms. The molecule has 1 aliphatic heterocycles. The number of hydrogen-bond donors (Lipinski definition) is 1. The Morgan fingerprint density at radius 3 is 2.84 bits per heavy atom. The summed E-state index contributed by atoms with van der Waals surface area (Å²) in [6.45, 7) is 2.25. The third kappa shape index (κ3) is 3.04. The summed E-state index contributed by atoms with van der Waals surface area (Å²) in [6, 6.07) is 8.10. The van der Waals surface area contributed by atoms with Gasteiger partial charge in [-0.15, -0.1) is 0 Å². The topological polar surface area (TPSA) is 34.4 Å². The quantitative estimate of drug-likeness (QED) is 0.861. The third-order valence-corrected chi connectivity index (χ3v) is 3.95. The molecule has 3 rings (SSSR count). The molecule has 0 fully saturated rings. The summed E-state index contributed by atoms with van der Waals surface area (Å²) in [7, 11) is 0. The minimum Gasteiger partial charge on any atom is -0.493 e. The van der Waals surface area contributed by atoms with Crippen LogP contribution in [0.2, 0.25) is 0 Å². The van der Waals surface area contributed by atoms with Gasteiger partial charge >= 0.3 is 0 Å². The van der Waals surface area contributed by atoms with E-state index in [1.807, 2.05) is 12.1 Å². The highest BCUT2D eigenvalue weighted by Gasteiger charge is 2.17. The standard InChI is InChI=1S/C14H13Br2NO2/c15-11-5-9-3-4-18-14(9)10(6-11)7-17-8-12-1-2-13(16)19-12/h1-2,5-6,17H,3-4,7-8H2.